The predicted molar refractivity (Wildman–Crippen MR) is 59.4 cm³/mol. The van der Waals surface area contributed by atoms with Crippen molar-refractivity contribution < 1.29 is 0 Å². The van der Waals surface area contributed by atoms with Crippen LogP contribution in [0.25, 0.3) is 0 Å². The summed E-state index contributed by atoms with van der Waals surface area (Å²) in [6.45, 7) is 11.1. The molecule has 0 aromatic carbocycles. The van der Waals surface area contributed by atoms with Crippen LogP contribution in [0, 0.1) is 5.41 Å². The van der Waals surface area contributed by atoms with Gasteiger partial charge in [0.1, 0.15) is 0 Å². The van der Waals surface area contributed by atoms with Gasteiger partial charge in [-0.1, -0.05) is 34.6 Å². The number of aromatic nitrogens is 1. The Kier molecular flexibility index (Phi) is 3.12. The summed E-state index contributed by atoms with van der Waals surface area (Å²) in [6, 6.07) is 0. The van der Waals surface area contributed by atoms with E-state index in [4.69, 9.17) is 0 Å². The molecule has 0 aliphatic carbocycles. The van der Waals surface area contributed by atoms with Gasteiger partial charge in [-0.15, -0.1) is 11.3 Å². The van der Waals surface area contributed by atoms with Gasteiger partial charge < -0.3 is 0 Å². The van der Waals surface area contributed by atoms with Crippen LogP contribution in [0.4, 0.5) is 0 Å². The zero-order valence-electron chi connectivity index (χ0n) is 9.22. The molecule has 2 heteroatoms. The van der Waals surface area contributed by atoms with E-state index < -0.39 is 0 Å². The van der Waals surface area contributed by atoms with E-state index in [-0.39, 0.29) is 0 Å². The summed E-state index contributed by atoms with van der Waals surface area (Å²) in [5.41, 5.74) is 1.59. The fraction of sp³-hybridized carbons (Fsp3) is 0.727. The van der Waals surface area contributed by atoms with Crippen molar-refractivity contribution in [2.75, 3.05) is 0 Å². The normalized spacial score (nSPS) is 12.5. The molecule has 0 atom stereocenters. The standard InChI is InChI=1S/C11H19NS/c1-8(2)9-7-13-10(12-9)6-11(3,4)5/h7-8H,6H2,1-5H3. The van der Waals surface area contributed by atoms with Crippen molar-refractivity contribution in [3.05, 3.63) is 16.1 Å². The molecule has 0 unspecified atom stereocenters. The molecule has 0 aliphatic heterocycles. The van der Waals surface area contributed by atoms with Crippen molar-refractivity contribution >= 4 is 11.3 Å². The maximum Gasteiger partial charge on any atom is 0.0933 e. The maximum absolute atomic E-state index is 4.61. The first-order valence-corrected chi connectivity index (χ1v) is 5.71. The number of rotatable bonds is 2. The van der Waals surface area contributed by atoms with Crippen LogP contribution in [0.2, 0.25) is 0 Å². The highest BCUT2D eigenvalue weighted by Gasteiger charge is 2.14. The molecular formula is C11H19NS. The molecule has 0 amide bonds. The van der Waals surface area contributed by atoms with Crippen molar-refractivity contribution in [3.63, 3.8) is 0 Å². The monoisotopic (exact) mass is 197 g/mol. The van der Waals surface area contributed by atoms with Gasteiger partial charge in [-0.25, -0.2) is 4.98 Å². The summed E-state index contributed by atoms with van der Waals surface area (Å²) in [5.74, 6) is 0.560. The van der Waals surface area contributed by atoms with Crippen LogP contribution in [0.3, 0.4) is 0 Å². The summed E-state index contributed by atoms with van der Waals surface area (Å²) >= 11 is 1.79. The van der Waals surface area contributed by atoms with Gasteiger partial charge in [0.15, 0.2) is 0 Å². The SMILES string of the molecule is CC(C)c1csc(CC(C)(C)C)n1. The molecule has 0 aliphatic rings. The van der Waals surface area contributed by atoms with Crippen LogP contribution in [0.5, 0.6) is 0 Å². The Morgan fingerprint density at radius 2 is 2.00 bits per heavy atom. The topological polar surface area (TPSA) is 12.9 Å². The van der Waals surface area contributed by atoms with Crippen molar-refractivity contribution in [2.45, 2.75) is 47.0 Å². The summed E-state index contributed by atoms with van der Waals surface area (Å²) in [7, 11) is 0. The zero-order valence-corrected chi connectivity index (χ0v) is 10.0. The van der Waals surface area contributed by atoms with Gasteiger partial charge in [-0.2, -0.15) is 0 Å². The third kappa shape index (κ3) is 3.47. The van der Waals surface area contributed by atoms with Crippen LogP contribution in [0.15, 0.2) is 5.38 Å². The highest BCUT2D eigenvalue weighted by molar-refractivity contribution is 7.09. The highest BCUT2D eigenvalue weighted by atomic mass is 32.1. The Hall–Kier alpha value is -0.370. The number of hydrogen-bond donors (Lipinski definition) is 0. The molecule has 0 spiro atoms. The Bertz CT molecular complexity index is 268. The molecule has 1 rings (SSSR count). The largest absolute Gasteiger partial charge is 0.246 e. The van der Waals surface area contributed by atoms with E-state index in [9.17, 15) is 0 Å². The number of nitrogens with zero attached hydrogens (tertiary/aromatic N) is 1. The first-order valence-electron chi connectivity index (χ1n) is 4.83. The molecule has 1 heterocycles. The lowest BCUT2D eigenvalue weighted by Gasteiger charge is -2.15. The van der Waals surface area contributed by atoms with Crippen molar-refractivity contribution in [1.29, 1.82) is 0 Å². The van der Waals surface area contributed by atoms with E-state index in [0.717, 1.165) is 6.42 Å². The minimum absolute atomic E-state index is 0.353. The molecule has 74 valence electrons. The highest BCUT2D eigenvalue weighted by Crippen LogP contribution is 2.25. The third-order valence-electron chi connectivity index (χ3n) is 1.84. The smallest absolute Gasteiger partial charge is 0.0933 e. The van der Waals surface area contributed by atoms with Crippen LogP contribution in [-0.2, 0) is 6.42 Å². The minimum Gasteiger partial charge on any atom is -0.246 e. The molecule has 0 radical (unpaired) electrons. The van der Waals surface area contributed by atoms with Gasteiger partial charge in [0.2, 0.25) is 0 Å². The average molecular weight is 197 g/mol. The van der Waals surface area contributed by atoms with Gasteiger partial charge in [0.25, 0.3) is 0 Å². The summed E-state index contributed by atoms with van der Waals surface area (Å²) in [4.78, 5) is 4.61. The van der Waals surface area contributed by atoms with E-state index in [1.807, 2.05) is 0 Å². The van der Waals surface area contributed by atoms with Gasteiger partial charge in [-0.3, -0.25) is 0 Å². The van der Waals surface area contributed by atoms with Crippen LogP contribution in [-0.4, -0.2) is 4.98 Å². The summed E-state index contributed by atoms with van der Waals surface area (Å²) in [5, 5.41) is 3.46. The van der Waals surface area contributed by atoms with E-state index in [1.54, 1.807) is 11.3 Å². The minimum atomic E-state index is 0.353. The van der Waals surface area contributed by atoms with Gasteiger partial charge in [0, 0.05) is 11.8 Å². The van der Waals surface area contributed by atoms with E-state index in [1.165, 1.54) is 10.7 Å². The van der Waals surface area contributed by atoms with Crippen LogP contribution >= 0.6 is 11.3 Å². The second-order valence-corrected chi connectivity index (χ2v) is 6.00. The van der Waals surface area contributed by atoms with Gasteiger partial charge >= 0.3 is 0 Å². The fourth-order valence-corrected chi connectivity index (χ4v) is 2.38. The lowest BCUT2D eigenvalue weighted by atomic mass is 9.93. The lowest BCUT2D eigenvalue weighted by molar-refractivity contribution is 0.410. The molecule has 1 nitrogen and oxygen atoms in total. The Morgan fingerprint density at radius 1 is 1.38 bits per heavy atom. The lowest BCUT2D eigenvalue weighted by Crippen LogP contribution is -2.08. The molecule has 0 saturated heterocycles. The number of hydrogen-bond acceptors (Lipinski definition) is 2. The van der Waals surface area contributed by atoms with Crippen molar-refractivity contribution in [1.82, 2.24) is 4.98 Å². The van der Waals surface area contributed by atoms with Crippen LogP contribution in [0.1, 0.15) is 51.2 Å². The third-order valence-corrected chi connectivity index (χ3v) is 2.71. The summed E-state index contributed by atoms with van der Waals surface area (Å²) < 4.78 is 0. The maximum atomic E-state index is 4.61. The van der Waals surface area contributed by atoms with Gasteiger partial charge in [-0.05, 0) is 11.3 Å². The molecule has 1 aromatic heterocycles. The van der Waals surface area contributed by atoms with Crippen molar-refractivity contribution in [3.8, 4) is 0 Å². The quantitative estimate of drug-likeness (QED) is 0.701. The molecule has 0 N–H and O–H groups in total. The number of thiazole rings is 1. The molecule has 1 aromatic rings. The fourth-order valence-electron chi connectivity index (χ4n) is 1.13. The van der Waals surface area contributed by atoms with E-state index >= 15 is 0 Å². The van der Waals surface area contributed by atoms with Gasteiger partial charge in [0.05, 0.1) is 10.7 Å². The molecule has 13 heavy (non-hydrogen) atoms. The Balaban J connectivity index is 2.70. The second kappa shape index (κ2) is 3.79. The Labute approximate surface area is 85.2 Å². The second-order valence-electron chi connectivity index (χ2n) is 5.06. The first kappa shape index (κ1) is 10.7. The molecule has 0 fully saturated rings. The average Bonchev–Trinajstić information content (AvgIpc) is 2.31. The molecule has 0 saturated carbocycles. The molecular weight excluding hydrogens is 178 g/mol. The van der Waals surface area contributed by atoms with E-state index in [2.05, 4.69) is 45.0 Å². The van der Waals surface area contributed by atoms with E-state index in [0.29, 0.717) is 11.3 Å². The van der Waals surface area contributed by atoms with Crippen LogP contribution < -0.4 is 0 Å². The predicted octanol–water partition coefficient (Wildman–Crippen LogP) is 3.86. The van der Waals surface area contributed by atoms with Crippen molar-refractivity contribution in [2.24, 2.45) is 5.41 Å². The summed E-state index contributed by atoms with van der Waals surface area (Å²) in [6.07, 6.45) is 1.09. The zero-order chi connectivity index (χ0) is 10.1. The Morgan fingerprint density at radius 3 is 2.38 bits per heavy atom. The first-order chi connectivity index (χ1) is 5.88. The molecule has 0 bridgehead atoms.